The van der Waals surface area contributed by atoms with Crippen molar-refractivity contribution in [3.8, 4) is 0 Å². The molecule has 0 spiro atoms. The van der Waals surface area contributed by atoms with Crippen LogP contribution in [0.4, 0.5) is 0 Å². The van der Waals surface area contributed by atoms with Crippen molar-refractivity contribution in [3.05, 3.63) is 28.9 Å². The summed E-state index contributed by atoms with van der Waals surface area (Å²) in [6.07, 6.45) is 8.50. The number of thioether (sulfide) groups is 1. The first-order valence-corrected chi connectivity index (χ1v) is 7.77. The van der Waals surface area contributed by atoms with E-state index < -0.39 is 0 Å². The molecule has 3 nitrogen and oxygen atoms in total. The minimum Gasteiger partial charge on any atom is -0.351 e. The fraction of sp³-hybridized carbons (Fsp3) is 0.429. The lowest BCUT2D eigenvalue weighted by Crippen LogP contribution is -2.36. The van der Waals surface area contributed by atoms with Gasteiger partial charge in [-0.1, -0.05) is 36.8 Å². The Kier molecular flexibility index (Phi) is 3.50. The van der Waals surface area contributed by atoms with E-state index in [4.69, 9.17) is 12.2 Å². The molecule has 1 saturated carbocycles. The zero-order chi connectivity index (χ0) is 13.4. The van der Waals surface area contributed by atoms with Crippen molar-refractivity contribution in [3.63, 3.8) is 0 Å². The van der Waals surface area contributed by atoms with Gasteiger partial charge in [0.2, 0.25) is 0 Å². The third kappa shape index (κ3) is 2.37. The van der Waals surface area contributed by atoms with Gasteiger partial charge in [0.1, 0.15) is 4.32 Å². The van der Waals surface area contributed by atoms with Crippen molar-refractivity contribution < 1.29 is 4.79 Å². The second-order valence-corrected chi connectivity index (χ2v) is 6.71. The third-order valence-corrected chi connectivity index (χ3v) is 5.11. The van der Waals surface area contributed by atoms with Crippen LogP contribution in [-0.4, -0.2) is 25.7 Å². The van der Waals surface area contributed by atoms with Crippen molar-refractivity contribution >= 4 is 40.3 Å². The lowest BCUT2D eigenvalue weighted by molar-refractivity contribution is -0.123. The molecule has 1 aromatic heterocycles. The summed E-state index contributed by atoms with van der Waals surface area (Å²) >= 11 is 6.81. The van der Waals surface area contributed by atoms with E-state index in [1.807, 2.05) is 40.9 Å². The van der Waals surface area contributed by atoms with Gasteiger partial charge in [-0.05, 0) is 31.1 Å². The van der Waals surface area contributed by atoms with E-state index in [2.05, 4.69) is 0 Å². The van der Waals surface area contributed by atoms with Crippen LogP contribution in [0.2, 0.25) is 0 Å². The summed E-state index contributed by atoms with van der Waals surface area (Å²) in [5, 5.41) is 0. The van der Waals surface area contributed by atoms with Crippen molar-refractivity contribution in [2.24, 2.45) is 7.05 Å². The molecular formula is C14H16N2OS2. The number of hydrogen-bond donors (Lipinski definition) is 0. The highest BCUT2D eigenvalue weighted by atomic mass is 32.2. The Morgan fingerprint density at radius 2 is 2.16 bits per heavy atom. The number of carbonyl (C=O) groups is 1. The molecule has 0 N–H and O–H groups in total. The number of amides is 1. The Morgan fingerprint density at radius 1 is 1.42 bits per heavy atom. The van der Waals surface area contributed by atoms with Gasteiger partial charge in [0.05, 0.1) is 4.91 Å². The van der Waals surface area contributed by atoms with Crippen LogP contribution in [0.5, 0.6) is 0 Å². The van der Waals surface area contributed by atoms with Crippen LogP contribution < -0.4 is 0 Å². The Morgan fingerprint density at radius 3 is 2.79 bits per heavy atom. The number of thiocarbonyl (C=S) groups is 1. The number of rotatable bonds is 2. The van der Waals surface area contributed by atoms with Gasteiger partial charge in [0.15, 0.2) is 0 Å². The van der Waals surface area contributed by atoms with Gasteiger partial charge in [-0.2, -0.15) is 0 Å². The molecule has 2 fully saturated rings. The van der Waals surface area contributed by atoms with Crippen LogP contribution in [-0.2, 0) is 11.8 Å². The van der Waals surface area contributed by atoms with E-state index in [1.54, 1.807) is 0 Å². The number of carbonyl (C=O) groups excluding carboxylic acids is 1. The first kappa shape index (κ1) is 12.9. The van der Waals surface area contributed by atoms with Gasteiger partial charge in [-0.25, -0.2) is 0 Å². The topological polar surface area (TPSA) is 25.2 Å². The molecular weight excluding hydrogens is 276 g/mol. The standard InChI is InChI=1S/C14H16N2OS2/c1-15-8-4-7-11(15)9-12-13(17)16(14(18)19-12)10-5-2-3-6-10/h4,7-10H,2-3,5-6H2,1H3/b12-9-. The van der Waals surface area contributed by atoms with E-state index in [0.29, 0.717) is 6.04 Å². The van der Waals surface area contributed by atoms with Crippen LogP contribution in [0.3, 0.4) is 0 Å². The van der Waals surface area contributed by atoms with E-state index in [0.717, 1.165) is 27.8 Å². The van der Waals surface area contributed by atoms with Crippen molar-refractivity contribution in [1.82, 2.24) is 9.47 Å². The zero-order valence-electron chi connectivity index (χ0n) is 10.8. The van der Waals surface area contributed by atoms with Gasteiger partial charge < -0.3 is 4.57 Å². The van der Waals surface area contributed by atoms with Crippen LogP contribution >= 0.6 is 24.0 Å². The summed E-state index contributed by atoms with van der Waals surface area (Å²) in [5.74, 6) is 0.0862. The monoisotopic (exact) mass is 292 g/mol. The summed E-state index contributed by atoms with van der Waals surface area (Å²) in [6.45, 7) is 0. The van der Waals surface area contributed by atoms with E-state index in [-0.39, 0.29) is 5.91 Å². The fourth-order valence-corrected chi connectivity index (χ4v) is 4.10. The summed E-state index contributed by atoms with van der Waals surface area (Å²) in [7, 11) is 1.98. The first-order chi connectivity index (χ1) is 9.16. The van der Waals surface area contributed by atoms with E-state index in [1.165, 1.54) is 24.6 Å². The summed E-state index contributed by atoms with van der Waals surface area (Å²) in [5.41, 5.74) is 1.03. The SMILES string of the molecule is Cn1cccc1/C=C1\SC(=S)N(C2CCCC2)C1=O. The fourth-order valence-electron chi connectivity index (χ4n) is 2.72. The van der Waals surface area contributed by atoms with Crippen LogP contribution in [0.25, 0.3) is 6.08 Å². The predicted octanol–water partition coefficient (Wildman–Crippen LogP) is 3.17. The molecule has 1 aliphatic carbocycles. The molecule has 0 radical (unpaired) electrons. The molecule has 2 aliphatic rings. The molecule has 1 aliphatic heterocycles. The molecule has 2 heterocycles. The second-order valence-electron chi connectivity index (χ2n) is 5.03. The molecule has 100 valence electrons. The van der Waals surface area contributed by atoms with Gasteiger partial charge in [-0.3, -0.25) is 9.69 Å². The summed E-state index contributed by atoms with van der Waals surface area (Å²) in [6, 6.07) is 4.30. The maximum Gasteiger partial charge on any atom is 0.266 e. The molecule has 1 aromatic rings. The lowest BCUT2D eigenvalue weighted by atomic mass is 10.2. The molecule has 0 aromatic carbocycles. The van der Waals surface area contributed by atoms with E-state index in [9.17, 15) is 4.79 Å². The highest BCUT2D eigenvalue weighted by molar-refractivity contribution is 8.26. The molecule has 5 heteroatoms. The maximum atomic E-state index is 12.5. The van der Waals surface area contributed by atoms with Crippen LogP contribution in [0.1, 0.15) is 31.4 Å². The zero-order valence-corrected chi connectivity index (χ0v) is 12.5. The average molecular weight is 292 g/mol. The maximum absolute atomic E-state index is 12.5. The minimum absolute atomic E-state index is 0.0862. The van der Waals surface area contributed by atoms with Gasteiger partial charge in [0.25, 0.3) is 5.91 Å². The molecule has 1 amide bonds. The van der Waals surface area contributed by atoms with Crippen molar-refractivity contribution in [2.75, 3.05) is 0 Å². The third-order valence-electron chi connectivity index (χ3n) is 3.78. The number of nitrogens with zero attached hydrogens (tertiary/aromatic N) is 2. The van der Waals surface area contributed by atoms with Gasteiger partial charge in [-0.15, -0.1) is 0 Å². The minimum atomic E-state index is 0.0862. The van der Waals surface area contributed by atoms with Crippen LogP contribution in [0.15, 0.2) is 23.2 Å². The van der Waals surface area contributed by atoms with Crippen molar-refractivity contribution in [1.29, 1.82) is 0 Å². The quantitative estimate of drug-likeness (QED) is 0.618. The molecule has 0 bridgehead atoms. The van der Waals surface area contributed by atoms with Gasteiger partial charge in [0, 0.05) is 25.0 Å². The first-order valence-electron chi connectivity index (χ1n) is 6.55. The summed E-state index contributed by atoms with van der Waals surface area (Å²) in [4.78, 5) is 15.1. The summed E-state index contributed by atoms with van der Waals surface area (Å²) < 4.78 is 2.72. The van der Waals surface area contributed by atoms with Gasteiger partial charge >= 0.3 is 0 Å². The Labute approximate surface area is 122 Å². The molecule has 3 rings (SSSR count). The molecule has 0 unspecified atom stereocenters. The highest BCUT2D eigenvalue weighted by Crippen LogP contribution is 2.37. The Balaban J connectivity index is 1.86. The smallest absolute Gasteiger partial charge is 0.266 e. The van der Waals surface area contributed by atoms with E-state index >= 15 is 0 Å². The molecule has 19 heavy (non-hydrogen) atoms. The Hall–Kier alpha value is -1.07. The average Bonchev–Trinajstić information content (AvgIpc) is 3.05. The van der Waals surface area contributed by atoms with Crippen LogP contribution in [0, 0.1) is 0 Å². The lowest BCUT2D eigenvalue weighted by Gasteiger charge is -2.21. The normalized spacial score (nSPS) is 23.0. The largest absolute Gasteiger partial charge is 0.351 e. The molecule has 1 saturated heterocycles. The number of hydrogen-bond acceptors (Lipinski definition) is 3. The second kappa shape index (κ2) is 5.13. The predicted molar refractivity (Wildman–Crippen MR) is 82.7 cm³/mol. The highest BCUT2D eigenvalue weighted by Gasteiger charge is 2.38. The number of aromatic nitrogens is 1. The Bertz CT molecular complexity index is 556. The molecule has 0 atom stereocenters. The number of aryl methyl sites for hydroxylation is 1. The van der Waals surface area contributed by atoms with Crippen molar-refractivity contribution in [2.45, 2.75) is 31.7 Å².